The molecule has 1 aromatic rings. The summed E-state index contributed by atoms with van der Waals surface area (Å²) in [5, 5.41) is 12.4. The number of hydrogen-bond donors (Lipinski definition) is 2. The fraction of sp³-hybridized carbons (Fsp3) is 0.438. The molecular weight excluding hydrogens is 334 g/mol. The first kappa shape index (κ1) is 16.6. The summed E-state index contributed by atoms with van der Waals surface area (Å²) in [6.45, 7) is 1.16. The summed E-state index contributed by atoms with van der Waals surface area (Å²) in [7, 11) is 0. The molecule has 7 nitrogen and oxygen atoms in total. The third-order valence-electron chi connectivity index (χ3n) is 4.47. The number of amides is 3. The van der Waals surface area contributed by atoms with Crippen LogP contribution in [0, 0.1) is 5.92 Å². The number of nitrogens with zero attached hydrogens (tertiary/aromatic N) is 2. The first-order valence-corrected chi connectivity index (χ1v) is 8.15. The van der Waals surface area contributed by atoms with Gasteiger partial charge in [-0.25, -0.2) is 4.79 Å². The maximum absolute atomic E-state index is 12.3. The van der Waals surface area contributed by atoms with Crippen LogP contribution in [0.15, 0.2) is 24.3 Å². The Balaban J connectivity index is 1.58. The third kappa shape index (κ3) is 3.46. The van der Waals surface area contributed by atoms with Gasteiger partial charge in [-0.1, -0.05) is 17.7 Å². The molecule has 0 spiro atoms. The van der Waals surface area contributed by atoms with Gasteiger partial charge in [0.1, 0.15) is 0 Å². The largest absolute Gasteiger partial charge is 0.481 e. The maximum atomic E-state index is 12.3. The molecule has 0 saturated carbocycles. The molecule has 0 bridgehead atoms. The number of halogens is 1. The second kappa shape index (κ2) is 6.68. The lowest BCUT2D eigenvalue weighted by Gasteiger charge is -2.24. The Kier molecular flexibility index (Phi) is 4.62. The van der Waals surface area contributed by atoms with Gasteiger partial charge in [0.2, 0.25) is 5.91 Å². The van der Waals surface area contributed by atoms with E-state index < -0.39 is 11.9 Å². The smallest absolute Gasteiger partial charge is 0.321 e. The molecular formula is C16H18ClN3O4. The number of hydrogen-bond acceptors (Lipinski definition) is 3. The van der Waals surface area contributed by atoms with Gasteiger partial charge < -0.3 is 20.2 Å². The SMILES string of the molecule is O=C(O)C1CC(=O)N(C2CCN(C(=O)Nc3cccc(Cl)c3)C2)C1. The van der Waals surface area contributed by atoms with E-state index in [2.05, 4.69) is 5.32 Å². The Morgan fingerprint density at radius 3 is 2.75 bits per heavy atom. The molecule has 2 unspecified atom stereocenters. The molecule has 2 fully saturated rings. The van der Waals surface area contributed by atoms with Gasteiger partial charge in [-0.2, -0.15) is 0 Å². The van der Waals surface area contributed by atoms with Crippen molar-refractivity contribution in [1.29, 1.82) is 0 Å². The maximum Gasteiger partial charge on any atom is 0.321 e. The predicted molar refractivity (Wildman–Crippen MR) is 87.9 cm³/mol. The fourth-order valence-corrected chi connectivity index (χ4v) is 3.39. The van der Waals surface area contributed by atoms with Crippen LogP contribution >= 0.6 is 11.6 Å². The van der Waals surface area contributed by atoms with Crippen LogP contribution in [-0.4, -0.2) is 58.5 Å². The van der Waals surface area contributed by atoms with E-state index in [0.717, 1.165) is 0 Å². The fourth-order valence-electron chi connectivity index (χ4n) is 3.20. The minimum Gasteiger partial charge on any atom is -0.481 e. The molecule has 0 radical (unpaired) electrons. The van der Waals surface area contributed by atoms with Crippen molar-refractivity contribution in [3.8, 4) is 0 Å². The zero-order chi connectivity index (χ0) is 17.3. The number of rotatable bonds is 3. The third-order valence-corrected chi connectivity index (χ3v) is 4.71. The number of carbonyl (C=O) groups is 3. The molecule has 2 N–H and O–H groups in total. The van der Waals surface area contributed by atoms with Crippen molar-refractivity contribution in [3.63, 3.8) is 0 Å². The van der Waals surface area contributed by atoms with E-state index in [-0.39, 0.29) is 30.9 Å². The van der Waals surface area contributed by atoms with Crippen LogP contribution in [0.4, 0.5) is 10.5 Å². The summed E-state index contributed by atoms with van der Waals surface area (Å²) in [4.78, 5) is 38.6. The molecule has 2 heterocycles. The highest BCUT2D eigenvalue weighted by Gasteiger charge is 2.40. The number of aliphatic carboxylic acids is 1. The number of likely N-dealkylation sites (tertiary alicyclic amines) is 2. The Morgan fingerprint density at radius 2 is 2.08 bits per heavy atom. The lowest BCUT2D eigenvalue weighted by atomic mass is 10.1. The number of carboxylic acids is 1. The number of urea groups is 1. The number of carboxylic acid groups (broad SMARTS) is 1. The van der Waals surface area contributed by atoms with Crippen LogP contribution in [0.25, 0.3) is 0 Å². The van der Waals surface area contributed by atoms with Crippen molar-refractivity contribution in [1.82, 2.24) is 9.80 Å². The Hall–Kier alpha value is -2.28. The highest BCUT2D eigenvalue weighted by molar-refractivity contribution is 6.30. The lowest BCUT2D eigenvalue weighted by Crippen LogP contribution is -2.41. The molecule has 8 heteroatoms. The van der Waals surface area contributed by atoms with Crippen molar-refractivity contribution >= 4 is 35.2 Å². The normalized spacial score (nSPS) is 23.6. The first-order valence-electron chi connectivity index (χ1n) is 7.78. The van der Waals surface area contributed by atoms with Crippen molar-refractivity contribution < 1.29 is 19.5 Å². The van der Waals surface area contributed by atoms with Crippen LogP contribution in [-0.2, 0) is 9.59 Å². The average Bonchev–Trinajstić information content (AvgIpc) is 3.13. The van der Waals surface area contributed by atoms with Crippen molar-refractivity contribution in [2.45, 2.75) is 18.9 Å². The second-order valence-electron chi connectivity index (χ2n) is 6.11. The predicted octanol–water partition coefficient (Wildman–Crippen LogP) is 1.88. The van der Waals surface area contributed by atoms with E-state index in [1.165, 1.54) is 0 Å². The quantitative estimate of drug-likeness (QED) is 0.870. The van der Waals surface area contributed by atoms with Crippen molar-refractivity contribution in [2.24, 2.45) is 5.92 Å². The Morgan fingerprint density at radius 1 is 1.29 bits per heavy atom. The van der Waals surface area contributed by atoms with Gasteiger partial charge in [0.15, 0.2) is 0 Å². The molecule has 2 atom stereocenters. The Labute approximate surface area is 144 Å². The number of carbonyl (C=O) groups excluding carboxylic acids is 2. The molecule has 2 aliphatic heterocycles. The van der Waals surface area contributed by atoms with Crippen LogP contribution in [0.3, 0.4) is 0 Å². The minimum absolute atomic E-state index is 0.0422. The van der Waals surface area contributed by atoms with E-state index in [0.29, 0.717) is 30.2 Å². The summed E-state index contributed by atoms with van der Waals surface area (Å²) in [5.74, 6) is -1.74. The van der Waals surface area contributed by atoms with Crippen molar-refractivity contribution in [2.75, 3.05) is 25.0 Å². The molecule has 128 valence electrons. The number of benzene rings is 1. The minimum atomic E-state index is -0.945. The molecule has 2 aliphatic rings. The van der Waals surface area contributed by atoms with Gasteiger partial charge in [0.05, 0.1) is 12.0 Å². The highest BCUT2D eigenvalue weighted by Crippen LogP contribution is 2.25. The van der Waals surface area contributed by atoms with Gasteiger partial charge in [-0.15, -0.1) is 0 Å². The monoisotopic (exact) mass is 351 g/mol. The number of anilines is 1. The summed E-state index contributed by atoms with van der Waals surface area (Å²) in [6.07, 6.45) is 0.696. The molecule has 3 amide bonds. The molecule has 3 rings (SSSR count). The van der Waals surface area contributed by atoms with Crippen LogP contribution in [0.5, 0.6) is 0 Å². The zero-order valence-electron chi connectivity index (χ0n) is 12.9. The lowest BCUT2D eigenvalue weighted by molar-refractivity contribution is -0.141. The van der Waals surface area contributed by atoms with Gasteiger partial charge in [-0.3, -0.25) is 9.59 Å². The van der Waals surface area contributed by atoms with Crippen LogP contribution in [0.1, 0.15) is 12.8 Å². The van der Waals surface area contributed by atoms with E-state index in [1.54, 1.807) is 34.1 Å². The van der Waals surface area contributed by atoms with Gasteiger partial charge in [0.25, 0.3) is 0 Å². The highest BCUT2D eigenvalue weighted by atomic mass is 35.5. The molecule has 0 aromatic heterocycles. The zero-order valence-corrected chi connectivity index (χ0v) is 13.7. The van der Waals surface area contributed by atoms with E-state index in [4.69, 9.17) is 16.7 Å². The Bertz CT molecular complexity index is 681. The van der Waals surface area contributed by atoms with E-state index in [9.17, 15) is 14.4 Å². The molecule has 0 aliphatic carbocycles. The van der Waals surface area contributed by atoms with Gasteiger partial charge in [0, 0.05) is 36.8 Å². The molecule has 2 saturated heterocycles. The summed E-state index contributed by atoms with van der Waals surface area (Å²) >= 11 is 5.90. The average molecular weight is 352 g/mol. The van der Waals surface area contributed by atoms with Gasteiger partial charge in [-0.05, 0) is 24.6 Å². The second-order valence-corrected chi connectivity index (χ2v) is 6.55. The summed E-state index contributed by atoms with van der Waals surface area (Å²) in [6, 6.07) is 6.52. The van der Waals surface area contributed by atoms with Crippen LogP contribution < -0.4 is 5.32 Å². The van der Waals surface area contributed by atoms with Gasteiger partial charge >= 0.3 is 12.0 Å². The summed E-state index contributed by atoms with van der Waals surface area (Å²) in [5.41, 5.74) is 0.610. The standard InChI is InChI=1S/C16H18ClN3O4/c17-11-2-1-3-12(7-11)18-16(24)19-5-4-13(9-19)20-8-10(15(22)23)6-14(20)21/h1-3,7,10,13H,4-6,8-9H2,(H,18,24)(H,22,23). The number of nitrogens with one attached hydrogen (secondary N) is 1. The van der Waals surface area contributed by atoms with E-state index >= 15 is 0 Å². The molecule has 1 aromatic carbocycles. The molecule has 24 heavy (non-hydrogen) atoms. The summed E-state index contributed by atoms with van der Waals surface area (Å²) < 4.78 is 0. The van der Waals surface area contributed by atoms with Crippen molar-refractivity contribution in [3.05, 3.63) is 29.3 Å². The topological polar surface area (TPSA) is 90.0 Å². The van der Waals surface area contributed by atoms with E-state index in [1.807, 2.05) is 0 Å². The van der Waals surface area contributed by atoms with Crippen LogP contribution in [0.2, 0.25) is 5.02 Å². The first-order chi connectivity index (χ1) is 11.4.